The third-order valence-corrected chi connectivity index (χ3v) is 10.2. The lowest BCUT2D eigenvalue weighted by Crippen LogP contribution is -2.30. The summed E-state index contributed by atoms with van der Waals surface area (Å²) >= 11 is 12.3. The van der Waals surface area contributed by atoms with Gasteiger partial charge in [0.05, 0.1) is 0 Å². The lowest BCUT2D eigenvalue weighted by molar-refractivity contribution is 1.60. The number of halogens is 2. The van der Waals surface area contributed by atoms with Crippen molar-refractivity contribution in [1.29, 1.82) is 0 Å². The monoisotopic (exact) mass is 434 g/mol. The molecule has 0 aliphatic rings. The predicted octanol–water partition coefficient (Wildman–Crippen LogP) is 3.29. The standard InChI is InChI=1S/C24H20Cl2Si2/c25-19-27(23-7-3-1-4-8-23)17-15-21-11-13-22(14-12-21)16-18-28(20-26)24-9-5-2-6-10-24/h1-14,27-28H,19-20H2. The van der Waals surface area contributed by atoms with Gasteiger partial charge in [-0.05, 0) is 34.6 Å². The van der Waals surface area contributed by atoms with Gasteiger partial charge in [0, 0.05) is 22.1 Å². The van der Waals surface area contributed by atoms with Crippen molar-refractivity contribution >= 4 is 51.2 Å². The van der Waals surface area contributed by atoms with Gasteiger partial charge in [-0.15, -0.1) is 34.3 Å². The minimum atomic E-state index is -1.45. The summed E-state index contributed by atoms with van der Waals surface area (Å²) in [5.74, 6) is 6.58. The fourth-order valence-corrected chi connectivity index (χ4v) is 7.20. The Morgan fingerprint density at radius 3 is 1.21 bits per heavy atom. The van der Waals surface area contributed by atoms with Crippen LogP contribution in [0.1, 0.15) is 11.1 Å². The largest absolute Gasteiger partial charge is 0.168 e. The predicted molar refractivity (Wildman–Crippen MR) is 128 cm³/mol. The molecule has 0 aliphatic heterocycles. The van der Waals surface area contributed by atoms with Crippen molar-refractivity contribution in [3.63, 3.8) is 0 Å². The van der Waals surface area contributed by atoms with Crippen molar-refractivity contribution in [2.75, 3.05) is 11.0 Å². The van der Waals surface area contributed by atoms with Crippen LogP contribution in [0.4, 0.5) is 0 Å². The molecule has 2 unspecified atom stereocenters. The van der Waals surface area contributed by atoms with Crippen LogP contribution in [0.5, 0.6) is 0 Å². The molecular formula is C24H20Cl2Si2. The van der Waals surface area contributed by atoms with Crippen LogP contribution < -0.4 is 10.4 Å². The highest BCUT2D eigenvalue weighted by Gasteiger charge is 2.09. The summed E-state index contributed by atoms with van der Waals surface area (Å²) in [7, 11) is -2.90. The average Bonchev–Trinajstić information content (AvgIpc) is 2.77. The molecule has 28 heavy (non-hydrogen) atoms. The Morgan fingerprint density at radius 1 is 0.536 bits per heavy atom. The maximum atomic E-state index is 6.16. The maximum Gasteiger partial charge on any atom is 0.168 e. The number of hydrogen-bond donors (Lipinski definition) is 0. The van der Waals surface area contributed by atoms with Gasteiger partial charge >= 0.3 is 0 Å². The molecule has 3 aromatic rings. The van der Waals surface area contributed by atoms with E-state index in [4.69, 9.17) is 23.2 Å². The Hall–Kier alpha value is -2.21. The Balaban J connectivity index is 1.71. The van der Waals surface area contributed by atoms with E-state index in [1.165, 1.54) is 10.4 Å². The molecule has 0 saturated carbocycles. The smallest absolute Gasteiger partial charge is 0.129 e. The van der Waals surface area contributed by atoms with Crippen LogP contribution >= 0.6 is 23.2 Å². The SMILES string of the molecule is ClC[SiH](C#Cc1ccc(C#C[SiH](CCl)c2ccccc2)cc1)c1ccccc1. The number of rotatable bonds is 4. The molecule has 0 nitrogen and oxygen atoms in total. The van der Waals surface area contributed by atoms with Crippen LogP contribution in [-0.2, 0) is 0 Å². The van der Waals surface area contributed by atoms with Crippen LogP contribution in [0.2, 0.25) is 0 Å². The van der Waals surface area contributed by atoms with Crippen molar-refractivity contribution < 1.29 is 0 Å². The molecule has 2 atom stereocenters. The first-order valence-electron chi connectivity index (χ1n) is 9.15. The van der Waals surface area contributed by atoms with Gasteiger partial charge in [0.15, 0.2) is 17.6 Å². The summed E-state index contributed by atoms with van der Waals surface area (Å²) in [6.45, 7) is 0. The zero-order valence-corrected chi connectivity index (χ0v) is 19.2. The van der Waals surface area contributed by atoms with E-state index in [1.807, 2.05) is 60.7 Å². The normalized spacial score (nSPS) is 12.1. The van der Waals surface area contributed by atoms with Crippen molar-refractivity contribution in [3.05, 3.63) is 96.1 Å². The van der Waals surface area contributed by atoms with E-state index in [0.717, 1.165) is 11.1 Å². The van der Waals surface area contributed by atoms with E-state index in [9.17, 15) is 0 Å². The summed E-state index contributed by atoms with van der Waals surface area (Å²) in [6.07, 6.45) is 0. The van der Waals surface area contributed by atoms with E-state index >= 15 is 0 Å². The van der Waals surface area contributed by atoms with E-state index in [2.05, 4.69) is 47.2 Å². The van der Waals surface area contributed by atoms with E-state index in [0.29, 0.717) is 11.0 Å². The Labute approximate surface area is 180 Å². The minimum Gasteiger partial charge on any atom is -0.129 e. The second-order valence-corrected chi connectivity index (χ2v) is 12.9. The Kier molecular flexibility index (Phi) is 8.03. The highest BCUT2D eigenvalue weighted by Crippen LogP contribution is 2.03. The molecule has 0 N–H and O–H groups in total. The highest BCUT2D eigenvalue weighted by atomic mass is 35.5. The van der Waals surface area contributed by atoms with Crippen LogP contribution in [0.25, 0.3) is 0 Å². The lowest BCUT2D eigenvalue weighted by Gasteiger charge is -2.04. The molecule has 0 bridgehead atoms. The quantitative estimate of drug-likeness (QED) is 0.335. The Bertz CT molecular complexity index is 910. The minimum absolute atomic E-state index is 0.616. The molecule has 4 heteroatoms. The molecule has 3 aromatic carbocycles. The first-order valence-corrected chi connectivity index (χ1v) is 14.2. The molecule has 0 saturated heterocycles. The summed E-state index contributed by atoms with van der Waals surface area (Å²) in [5.41, 5.74) is 10.1. The third-order valence-electron chi connectivity index (χ3n) is 4.38. The molecule has 0 aliphatic carbocycles. The van der Waals surface area contributed by atoms with Crippen LogP contribution in [0.3, 0.4) is 0 Å². The van der Waals surface area contributed by atoms with E-state index in [1.54, 1.807) is 0 Å². The molecule has 138 valence electrons. The fourth-order valence-electron chi connectivity index (χ4n) is 2.77. The molecule has 0 spiro atoms. The van der Waals surface area contributed by atoms with Gasteiger partial charge in [0.2, 0.25) is 0 Å². The average molecular weight is 436 g/mol. The molecule has 3 rings (SSSR count). The number of benzene rings is 3. The second-order valence-electron chi connectivity index (χ2n) is 6.35. The van der Waals surface area contributed by atoms with E-state index in [-0.39, 0.29) is 0 Å². The molecule has 0 aromatic heterocycles. The van der Waals surface area contributed by atoms with Crippen LogP contribution in [0, 0.1) is 22.9 Å². The number of alkyl halides is 2. The van der Waals surface area contributed by atoms with Crippen molar-refractivity contribution in [2.45, 2.75) is 0 Å². The van der Waals surface area contributed by atoms with E-state index < -0.39 is 17.6 Å². The first-order chi connectivity index (χ1) is 13.8. The summed E-state index contributed by atoms with van der Waals surface area (Å²) in [4.78, 5) is 0. The van der Waals surface area contributed by atoms with Crippen LogP contribution in [0.15, 0.2) is 84.9 Å². The van der Waals surface area contributed by atoms with Gasteiger partial charge in [-0.2, -0.15) is 0 Å². The third kappa shape index (κ3) is 5.89. The van der Waals surface area contributed by atoms with Crippen molar-refractivity contribution in [2.24, 2.45) is 0 Å². The maximum absolute atomic E-state index is 6.16. The van der Waals surface area contributed by atoms with Crippen molar-refractivity contribution in [3.8, 4) is 22.9 Å². The van der Waals surface area contributed by atoms with Gasteiger partial charge in [-0.1, -0.05) is 72.5 Å². The summed E-state index contributed by atoms with van der Waals surface area (Å²) < 4.78 is 0. The Morgan fingerprint density at radius 2 is 0.893 bits per heavy atom. The fraction of sp³-hybridized carbons (Fsp3) is 0.0833. The molecular weight excluding hydrogens is 415 g/mol. The highest BCUT2D eigenvalue weighted by molar-refractivity contribution is 6.86. The van der Waals surface area contributed by atoms with Gasteiger partial charge in [-0.3, -0.25) is 0 Å². The first kappa shape index (κ1) is 20.5. The van der Waals surface area contributed by atoms with Gasteiger partial charge in [0.1, 0.15) is 0 Å². The van der Waals surface area contributed by atoms with Gasteiger partial charge in [0.25, 0.3) is 0 Å². The molecule has 0 heterocycles. The second kappa shape index (κ2) is 11.0. The number of hydrogen-bond acceptors (Lipinski definition) is 0. The topological polar surface area (TPSA) is 0 Å². The molecule has 0 fully saturated rings. The van der Waals surface area contributed by atoms with Crippen molar-refractivity contribution in [1.82, 2.24) is 0 Å². The zero-order chi connectivity index (χ0) is 19.6. The van der Waals surface area contributed by atoms with Gasteiger partial charge in [-0.25, -0.2) is 0 Å². The molecule has 0 radical (unpaired) electrons. The van der Waals surface area contributed by atoms with Crippen LogP contribution in [-0.4, -0.2) is 28.6 Å². The zero-order valence-electron chi connectivity index (χ0n) is 15.4. The summed E-state index contributed by atoms with van der Waals surface area (Å²) in [5, 5.41) is 2.57. The summed E-state index contributed by atoms with van der Waals surface area (Å²) in [6, 6.07) is 28.8. The van der Waals surface area contributed by atoms with Gasteiger partial charge < -0.3 is 0 Å². The molecule has 0 amide bonds. The lowest BCUT2D eigenvalue weighted by atomic mass is 10.1.